The summed E-state index contributed by atoms with van der Waals surface area (Å²) in [6.45, 7) is 2.26. The number of rotatable bonds is 7. The van der Waals surface area contributed by atoms with E-state index in [1.165, 1.54) is 0 Å². The van der Waals surface area contributed by atoms with E-state index in [0.717, 1.165) is 9.79 Å². The van der Waals surface area contributed by atoms with E-state index < -0.39 is 0 Å². The molecular weight excluding hydrogens is 300 g/mol. The Kier molecular flexibility index (Phi) is 6.70. The van der Waals surface area contributed by atoms with Crippen molar-refractivity contribution in [2.75, 3.05) is 6.61 Å². The monoisotopic (exact) mass is 318 g/mol. The van der Waals surface area contributed by atoms with Gasteiger partial charge in [-0.1, -0.05) is 36.4 Å². The van der Waals surface area contributed by atoms with Crippen molar-refractivity contribution < 1.29 is 9.53 Å². The van der Waals surface area contributed by atoms with E-state index in [1.54, 1.807) is 23.5 Å². The second kappa shape index (κ2) is 8.80. The molecule has 0 N–H and O–H groups in total. The van der Waals surface area contributed by atoms with Crippen molar-refractivity contribution in [3.63, 3.8) is 0 Å². The summed E-state index contributed by atoms with van der Waals surface area (Å²) in [5.41, 5.74) is 0. The maximum atomic E-state index is 11.8. The molecule has 2 rings (SSSR count). The lowest BCUT2D eigenvalue weighted by Crippen LogP contribution is -2.10. The molecule has 0 aliphatic rings. The number of thioether (sulfide) groups is 2. The molecule has 0 aromatic heterocycles. The van der Waals surface area contributed by atoms with Gasteiger partial charge in [0.2, 0.25) is 0 Å². The van der Waals surface area contributed by atoms with Crippen LogP contribution in [0.2, 0.25) is 0 Å². The molecule has 2 aromatic rings. The van der Waals surface area contributed by atoms with Crippen LogP contribution in [0.15, 0.2) is 70.5 Å². The third-order valence-corrected chi connectivity index (χ3v) is 5.19. The lowest BCUT2D eigenvalue weighted by molar-refractivity contribution is -0.142. The van der Waals surface area contributed by atoms with Gasteiger partial charge in [-0.05, 0) is 31.2 Å². The van der Waals surface area contributed by atoms with Crippen LogP contribution in [0.1, 0.15) is 13.3 Å². The van der Waals surface area contributed by atoms with Crippen LogP contribution in [-0.2, 0) is 9.53 Å². The Bertz CT molecular complexity index is 502. The number of ether oxygens (including phenoxy) is 1. The molecule has 0 aliphatic carbocycles. The van der Waals surface area contributed by atoms with Crippen LogP contribution in [0.3, 0.4) is 0 Å². The number of carbonyl (C=O) groups excluding carboxylic acids is 1. The fraction of sp³-hybridized carbons (Fsp3) is 0.235. The van der Waals surface area contributed by atoms with E-state index in [1.807, 2.05) is 43.3 Å². The van der Waals surface area contributed by atoms with Gasteiger partial charge in [-0.25, -0.2) is 0 Å². The molecule has 4 heteroatoms. The quantitative estimate of drug-likeness (QED) is 0.414. The Labute approximate surface area is 134 Å². The molecular formula is C17H18O2S2. The van der Waals surface area contributed by atoms with Crippen LogP contribution in [0, 0.1) is 0 Å². The first-order valence-corrected chi connectivity index (χ1v) is 8.63. The van der Waals surface area contributed by atoms with Gasteiger partial charge in [0.25, 0.3) is 0 Å². The van der Waals surface area contributed by atoms with Crippen molar-refractivity contribution in [2.45, 2.75) is 27.7 Å². The number of carbonyl (C=O) groups is 1. The van der Waals surface area contributed by atoms with E-state index >= 15 is 0 Å². The maximum Gasteiger partial charge on any atom is 0.307 e. The minimum Gasteiger partial charge on any atom is -0.466 e. The Balaban J connectivity index is 2.04. The fourth-order valence-corrected chi connectivity index (χ4v) is 4.30. The summed E-state index contributed by atoms with van der Waals surface area (Å²) in [5.74, 6) is -0.144. The van der Waals surface area contributed by atoms with Gasteiger partial charge in [-0.2, -0.15) is 0 Å². The van der Waals surface area contributed by atoms with Crippen LogP contribution >= 0.6 is 23.5 Å². The molecule has 0 bridgehead atoms. The summed E-state index contributed by atoms with van der Waals surface area (Å²) in [6.07, 6.45) is 0.396. The van der Waals surface area contributed by atoms with E-state index in [0.29, 0.717) is 13.0 Å². The minimum atomic E-state index is -0.144. The van der Waals surface area contributed by atoms with Gasteiger partial charge in [-0.15, -0.1) is 23.5 Å². The first kappa shape index (κ1) is 16.0. The number of esters is 1. The molecule has 0 heterocycles. The van der Waals surface area contributed by atoms with Crippen LogP contribution < -0.4 is 0 Å². The Hall–Kier alpha value is -1.39. The summed E-state index contributed by atoms with van der Waals surface area (Å²) < 4.78 is 5.19. The highest BCUT2D eigenvalue weighted by Gasteiger charge is 2.17. The largest absolute Gasteiger partial charge is 0.466 e. The van der Waals surface area contributed by atoms with Gasteiger partial charge in [-0.3, -0.25) is 4.79 Å². The average molecular weight is 318 g/mol. The van der Waals surface area contributed by atoms with Gasteiger partial charge in [0.15, 0.2) is 0 Å². The lowest BCUT2D eigenvalue weighted by atomic mass is 10.4. The van der Waals surface area contributed by atoms with E-state index in [-0.39, 0.29) is 10.6 Å². The maximum absolute atomic E-state index is 11.8. The van der Waals surface area contributed by atoms with Gasteiger partial charge in [0.05, 0.1) is 17.6 Å². The van der Waals surface area contributed by atoms with Gasteiger partial charge in [0, 0.05) is 9.79 Å². The zero-order valence-corrected chi connectivity index (χ0v) is 13.5. The predicted molar refractivity (Wildman–Crippen MR) is 89.6 cm³/mol. The molecule has 2 aromatic carbocycles. The predicted octanol–water partition coefficient (Wildman–Crippen LogP) is 4.85. The summed E-state index contributed by atoms with van der Waals surface area (Å²) in [5, 5.41) is 0. The fourth-order valence-electron chi connectivity index (χ4n) is 1.77. The molecule has 0 saturated carbocycles. The summed E-state index contributed by atoms with van der Waals surface area (Å²) in [7, 11) is 0. The zero-order chi connectivity index (χ0) is 14.9. The highest BCUT2D eigenvalue weighted by molar-refractivity contribution is 8.17. The molecule has 21 heavy (non-hydrogen) atoms. The minimum absolute atomic E-state index is 0.105. The molecule has 0 aliphatic heterocycles. The number of hydrogen-bond donors (Lipinski definition) is 0. The van der Waals surface area contributed by atoms with E-state index in [2.05, 4.69) is 24.3 Å². The SMILES string of the molecule is CCOC(=O)CC(Sc1ccccc1)Sc1ccccc1. The third-order valence-electron chi connectivity index (χ3n) is 2.66. The normalized spacial score (nSPS) is 10.6. The molecule has 0 atom stereocenters. The summed E-state index contributed by atoms with van der Waals surface area (Å²) in [6, 6.07) is 20.3. The van der Waals surface area contributed by atoms with Gasteiger partial charge >= 0.3 is 5.97 Å². The van der Waals surface area contributed by atoms with Crippen molar-refractivity contribution in [2.24, 2.45) is 0 Å². The van der Waals surface area contributed by atoms with Crippen LogP contribution in [0.25, 0.3) is 0 Å². The van der Waals surface area contributed by atoms with E-state index in [9.17, 15) is 4.79 Å². The summed E-state index contributed by atoms with van der Waals surface area (Å²) in [4.78, 5) is 14.1. The first-order chi connectivity index (χ1) is 10.3. The van der Waals surface area contributed by atoms with Gasteiger partial charge < -0.3 is 4.74 Å². The smallest absolute Gasteiger partial charge is 0.307 e. The second-order valence-electron chi connectivity index (χ2n) is 4.30. The molecule has 0 spiro atoms. The first-order valence-electron chi connectivity index (χ1n) is 6.87. The van der Waals surface area contributed by atoms with Crippen molar-refractivity contribution >= 4 is 29.5 Å². The Morgan fingerprint density at radius 1 is 0.952 bits per heavy atom. The van der Waals surface area contributed by atoms with Crippen molar-refractivity contribution in [1.29, 1.82) is 0 Å². The highest BCUT2D eigenvalue weighted by atomic mass is 32.2. The molecule has 0 radical (unpaired) electrons. The van der Waals surface area contributed by atoms with Crippen molar-refractivity contribution in [3.8, 4) is 0 Å². The van der Waals surface area contributed by atoms with E-state index in [4.69, 9.17) is 4.74 Å². The molecule has 110 valence electrons. The third kappa shape index (κ3) is 5.86. The molecule has 2 nitrogen and oxygen atoms in total. The lowest BCUT2D eigenvalue weighted by Gasteiger charge is -2.15. The van der Waals surface area contributed by atoms with Gasteiger partial charge in [0.1, 0.15) is 0 Å². The van der Waals surface area contributed by atoms with Crippen molar-refractivity contribution in [1.82, 2.24) is 0 Å². The standard InChI is InChI=1S/C17H18O2S2/c1-2-19-16(18)13-17(20-14-9-5-3-6-10-14)21-15-11-7-4-8-12-15/h3-12,17H,2,13H2,1H3. The summed E-state index contributed by atoms with van der Waals surface area (Å²) >= 11 is 3.40. The topological polar surface area (TPSA) is 26.3 Å². The average Bonchev–Trinajstić information content (AvgIpc) is 2.49. The Morgan fingerprint density at radius 2 is 1.43 bits per heavy atom. The zero-order valence-electron chi connectivity index (χ0n) is 11.9. The number of hydrogen-bond acceptors (Lipinski definition) is 4. The molecule has 0 unspecified atom stereocenters. The second-order valence-corrected chi connectivity index (χ2v) is 7.15. The van der Waals surface area contributed by atoms with Crippen LogP contribution in [-0.4, -0.2) is 17.2 Å². The number of benzene rings is 2. The van der Waals surface area contributed by atoms with Crippen LogP contribution in [0.5, 0.6) is 0 Å². The van der Waals surface area contributed by atoms with Crippen molar-refractivity contribution in [3.05, 3.63) is 60.7 Å². The molecule has 0 fully saturated rings. The Morgan fingerprint density at radius 3 is 1.86 bits per heavy atom. The van der Waals surface area contributed by atoms with Crippen LogP contribution in [0.4, 0.5) is 0 Å². The molecule has 0 amide bonds. The molecule has 0 saturated heterocycles. The highest BCUT2D eigenvalue weighted by Crippen LogP contribution is 2.37.